The molecule has 0 aliphatic heterocycles. The maximum absolute atomic E-state index is 12.4. The van der Waals surface area contributed by atoms with E-state index >= 15 is 0 Å². The van der Waals surface area contributed by atoms with Crippen LogP contribution in [0.3, 0.4) is 0 Å². The number of carbonyl (C=O) groups excluding carboxylic acids is 1. The molecule has 0 saturated carbocycles. The number of hydrogen-bond acceptors (Lipinski definition) is 5. The minimum Gasteiger partial charge on any atom is -0.350 e. The van der Waals surface area contributed by atoms with E-state index in [-0.39, 0.29) is 5.91 Å². The van der Waals surface area contributed by atoms with E-state index in [0.29, 0.717) is 35.9 Å². The lowest BCUT2D eigenvalue weighted by Gasteiger charge is -2.37. The molecule has 0 fully saturated rings. The fraction of sp³-hybridized carbons (Fsp3) is 0.435. The van der Waals surface area contributed by atoms with Gasteiger partial charge in [0.1, 0.15) is 11.5 Å². The molecule has 3 heterocycles. The Hall–Kier alpha value is -3.09. The van der Waals surface area contributed by atoms with Crippen molar-refractivity contribution in [2.75, 3.05) is 6.54 Å². The average molecular weight is 405 g/mol. The van der Waals surface area contributed by atoms with E-state index in [0.717, 1.165) is 29.7 Å². The molecule has 3 aromatic rings. The summed E-state index contributed by atoms with van der Waals surface area (Å²) >= 11 is 0. The van der Waals surface area contributed by atoms with Gasteiger partial charge in [-0.25, -0.2) is 9.97 Å². The van der Waals surface area contributed by atoms with Gasteiger partial charge in [0.15, 0.2) is 0 Å². The van der Waals surface area contributed by atoms with Crippen molar-refractivity contribution in [2.45, 2.75) is 33.6 Å². The summed E-state index contributed by atoms with van der Waals surface area (Å²) in [5, 5.41) is 3.04. The topological polar surface area (TPSA) is 96.5 Å². The molecule has 0 bridgehead atoms. The first-order valence-electron chi connectivity index (χ1n) is 10.5. The second-order valence-corrected chi connectivity index (χ2v) is 8.50. The standard InChI is InChI=1S/C23H28N6O/c1-14(2)18-9-16(10-22-28-19-4-5-24-12-20(19)29-22)15(3)8-17(18)11-27-23(30)21-13-25-6-7-26-21/h4-8,12-14,16-18H,9-11H2,1-3H3,(H,27,30)(H,28,29). The first kappa shape index (κ1) is 20.2. The number of allylic oxidation sites excluding steroid dienone is 1. The maximum atomic E-state index is 12.4. The predicted molar refractivity (Wildman–Crippen MR) is 116 cm³/mol. The van der Waals surface area contributed by atoms with Crippen LogP contribution in [0.1, 0.15) is 43.5 Å². The van der Waals surface area contributed by atoms with Gasteiger partial charge < -0.3 is 10.3 Å². The van der Waals surface area contributed by atoms with Crippen molar-refractivity contribution in [1.29, 1.82) is 0 Å². The third kappa shape index (κ3) is 4.40. The summed E-state index contributed by atoms with van der Waals surface area (Å²) in [6.07, 6.45) is 12.5. The number of pyridine rings is 1. The van der Waals surface area contributed by atoms with Crippen molar-refractivity contribution in [3.63, 3.8) is 0 Å². The van der Waals surface area contributed by atoms with Crippen molar-refractivity contribution < 1.29 is 4.79 Å². The van der Waals surface area contributed by atoms with Gasteiger partial charge in [-0.2, -0.15) is 0 Å². The van der Waals surface area contributed by atoms with Gasteiger partial charge in [0.05, 0.1) is 23.4 Å². The molecule has 4 rings (SSSR count). The smallest absolute Gasteiger partial charge is 0.271 e. The molecule has 3 aromatic heterocycles. The monoisotopic (exact) mass is 404 g/mol. The molecule has 0 saturated heterocycles. The number of nitrogens with one attached hydrogen (secondary N) is 2. The van der Waals surface area contributed by atoms with E-state index in [1.54, 1.807) is 12.4 Å². The minimum absolute atomic E-state index is 0.172. The second-order valence-electron chi connectivity index (χ2n) is 8.50. The van der Waals surface area contributed by atoms with Crippen LogP contribution in [0.2, 0.25) is 0 Å². The van der Waals surface area contributed by atoms with Gasteiger partial charge in [0, 0.05) is 31.6 Å². The van der Waals surface area contributed by atoms with E-state index in [9.17, 15) is 4.79 Å². The molecular weight excluding hydrogens is 376 g/mol. The Kier molecular flexibility index (Phi) is 5.88. The largest absolute Gasteiger partial charge is 0.350 e. The molecule has 2 N–H and O–H groups in total. The Balaban J connectivity index is 1.46. The molecule has 7 heteroatoms. The van der Waals surface area contributed by atoms with Crippen LogP contribution in [0.25, 0.3) is 11.0 Å². The van der Waals surface area contributed by atoms with Crippen molar-refractivity contribution in [3.8, 4) is 0 Å². The average Bonchev–Trinajstić information content (AvgIpc) is 3.16. The Morgan fingerprint density at radius 2 is 2.07 bits per heavy atom. The van der Waals surface area contributed by atoms with E-state index in [1.165, 1.54) is 18.0 Å². The lowest BCUT2D eigenvalue weighted by atomic mass is 9.70. The molecular formula is C23H28N6O. The maximum Gasteiger partial charge on any atom is 0.271 e. The zero-order valence-corrected chi connectivity index (χ0v) is 17.7. The quantitative estimate of drug-likeness (QED) is 0.612. The molecule has 1 aliphatic rings. The first-order chi connectivity index (χ1) is 14.5. The molecule has 0 spiro atoms. The highest BCUT2D eigenvalue weighted by atomic mass is 16.1. The van der Waals surface area contributed by atoms with Crippen LogP contribution in [0.15, 0.2) is 48.7 Å². The summed E-state index contributed by atoms with van der Waals surface area (Å²) in [5.41, 5.74) is 3.66. The number of hydrogen-bond donors (Lipinski definition) is 2. The minimum atomic E-state index is -0.172. The number of aromatic nitrogens is 5. The number of amides is 1. The highest BCUT2D eigenvalue weighted by molar-refractivity contribution is 5.91. The molecule has 0 aromatic carbocycles. The molecule has 3 unspecified atom stereocenters. The molecule has 7 nitrogen and oxygen atoms in total. The van der Waals surface area contributed by atoms with Crippen LogP contribution in [0.5, 0.6) is 0 Å². The third-order valence-electron chi connectivity index (χ3n) is 6.15. The number of nitrogens with zero attached hydrogens (tertiary/aromatic N) is 4. The van der Waals surface area contributed by atoms with Gasteiger partial charge in [-0.15, -0.1) is 0 Å². The van der Waals surface area contributed by atoms with Crippen molar-refractivity contribution in [1.82, 2.24) is 30.2 Å². The Morgan fingerprint density at radius 1 is 1.23 bits per heavy atom. The molecule has 156 valence electrons. The number of imidazole rings is 1. The Morgan fingerprint density at radius 3 is 2.80 bits per heavy atom. The number of fused-ring (bicyclic) bond motifs is 1. The fourth-order valence-electron chi connectivity index (χ4n) is 4.46. The summed E-state index contributed by atoms with van der Waals surface area (Å²) < 4.78 is 0. The zero-order valence-electron chi connectivity index (χ0n) is 17.7. The summed E-state index contributed by atoms with van der Waals surface area (Å²) in [7, 11) is 0. The van der Waals surface area contributed by atoms with E-state index in [4.69, 9.17) is 4.98 Å². The summed E-state index contributed by atoms with van der Waals surface area (Å²) in [6, 6.07) is 1.94. The molecule has 30 heavy (non-hydrogen) atoms. The number of carbonyl (C=O) groups is 1. The van der Waals surface area contributed by atoms with Crippen molar-refractivity contribution in [3.05, 3.63) is 60.2 Å². The van der Waals surface area contributed by atoms with Crippen molar-refractivity contribution >= 4 is 16.9 Å². The van der Waals surface area contributed by atoms with Gasteiger partial charge in [0.25, 0.3) is 5.91 Å². The Labute approximate surface area is 176 Å². The second kappa shape index (κ2) is 8.73. The van der Waals surface area contributed by atoms with Crippen molar-refractivity contribution in [2.24, 2.45) is 23.7 Å². The van der Waals surface area contributed by atoms with Crippen LogP contribution in [-0.4, -0.2) is 37.4 Å². The van der Waals surface area contributed by atoms with E-state index in [2.05, 4.69) is 52.1 Å². The molecule has 0 radical (unpaired) electrons. The highest BCUT2D eigenvalue weighted by Gasteiger charge is 2.32. The Bertz CT molecular complexity index is 1010. The van der Waals surface area contributed by atoms with Crippen LogP contribution in [0, 0.1) is 23.7 Å². The third-order valence-corrected chi connectivity index (χ3v) is 6.15. The molecule has 3 atom stereocenters. The first-order valence-corrected chi connectivity index (χ1v) is 10.5. The summed E-state index contributed by atoms with van der Waals surface area (Å²) in [5.74, 6) is 2.60. The number of H-pyrrole nitrogens is 1. The van der Waals surface area contributed by atoms with E-state index < -0.39 is 0 Å². The van der Waals surface area contributed by atoms with Gasteiger partial charge in [-0.05, 0) is 43.1 Å². The van der Waals surface area contributed by atoms with Crippen LogP contribution >= 0.6 is 0 Å². The summed E-state index contributed by atoms with van der Waals surface area (Å²) in [4.78, 5) is 32.7. The van der Waals surface area contributed by atoms with Crippen LogP contribution in [0.4, 0.5) is 0 Å². The fourth-order valence-corrected chi connectivity index (χ4v) is 4.46. The lowest BCUT2D eigenvalue weighted by molar-refractivity contribution is 0.0933. The van der Waals surface area contributed by atoms with Crippen LogP contribution in [-0.2, 0) is 6.42 Å². The van der Waals surface area contributed by atoms with Crippen LogP contribution < -0.4 is 5.32 Å². The van der Waals surface area contributed by atoms with Gasteiger partial charge in [-0.1, -0.05) is 25.5 Å². The zero-order chi connectivity index (χ0) is 21.1. The predicted octanol–water partition coefficient (Wildman–Crippen LogP) is 3.58. The van der Waals surface area contributed by atoms with Gasteiger partial charge >= 0.3 is 0 Å². The summed E-state index contributed by atoms with van der Waals surface area (Å²) in [6.45, 7) is 7.34. The van der Waals surface area contributed by atoms with Gasteiger partial charge in [0.2, 0.25) is 0 Å². The lowest BCUT2D eigenvalue weighted by Crippen LogP contribution is -2.37. The highest BCUT2D eigenvalue weighted by Crippen LogP contribution is 2.38. The van der Waals surface area contributed by atoms with Gasteiger partial charge in [-0.3, -0.25) is 14.8 Å². The molecule has 1 aliphatic carbocycles. The van der Waals surface area contributed by atoms with E-state index in [1.807, 2.05) is 12.3 Å². The SMILES string of the molecule is CC1=CC(CNC(=O)c2cnccn2)C(C(C)C)CC1Cc1nc2ccncc2[nH]1. The normalized spacial score (nSPS) is 21.6. The number of rotatable bonds is 6. The molecule has 1 amide bonds. The number of aromatic amines is 1.